The second-order valence-corrected chi connectivity index (χ2v) is 7.85. The molecule has 2 rings (SSSR count). The van der Waals surface area contributed by atoms with Gasteiger partial charge in [-0.1, -0.05) is 62.2 Å². The van der Waals surface area contributed by atoms with Crippen LogP contribution in [0.25, 0.3) is 6.08 Å². The lowest BCUT2D eigenvalue weighted by molar-refractivity contribution is 0.0972. The van der Waals surface area contributed by atoms with Gasteiger partial charge in [-0.25, -0.2) is 4.39 Å². The zero-order valence-corrected chi connectivity index (χ0v) is 17.6. The van der Waals surface area contributed by atoms with Crippen LogP contribution in [-0.2, 0) is 5.60 Å². The molecule has 0 heterocycles. The predicted molar refractivity (Wildman–Crippen MR) is 112 cm³/mol. The standard InChI is InChI=1S/C21H19Br2FO2/c1-14(21(2,26)16-7-10-17(22)11-8-16)12-19(24)5-3-4-15-6-9-18(23)13-20(15)25/h3-13,25-26H,1-2H3/b4-3+,14-12+,19-5+. The minimum atomic E-state index is -1.28. The van der Waals surface area contributed by atoms with E-state index in [1.165, 1.54) is 18.2 Å². The molecular weight excluding hydrogens is 463 g/mol. The van der Waals surface area contributed by atoms with E-state index in [4.69, 9.17) is 0 Å². The Labute approximate surface area is 169 Å². The van der Waals surface area contributed by atoms with E-state index < -0.39 is 11.4 Å². The van der Waals surface area contributed by atoms with Crippen LogP contribution < -0.4 is 0 Å². The van der Waals surface area contributed by atoms with Gasteiger partial charge in [-0.15, -0.1) is 0 Å². The smallest absolute Gasteiger partial charge is 0.123 e. The highest BCUT2D eigenvalue weighted by Gasteiger charge is 2.25. The molecule has 2 nitrogen and oxygen atoms in total. The van der Waals surface area contributed by atoms with Crippen LogP contribution in [0.3, 0.4) is 0 Å². The van der Waals surface area contributed by atoms with E-state index in [1.54, 1.807) is 50.3 Å². The van der Waals surface area contributed by atoms with Crippen molar-refractivity contribution in [3.8, 4) is 5.75 Å². The molecule has 0 aliphatic carbocycles. The van der Waals surface area contributed by atoms with E-state index in [2.05, 4.69) is 31.9 Å². The van der Waals surface area contributed by atoms with Crippen LogP contribution in [0.4, 0.5) is 4.39 Å². The molecule has 2 aromatic carbocycles. The lowest BCUT2D eigenvalue weighted by Crippen LogP contribution is -2.22. The average Bonchev–Trinajstić information content (AvgIpc) is 2.57. The third kappa shape index (κ3) is 5.40. The molecule has 0 saturated heterocycles. The van der Waals surface area contributed by atoms with Gasteiger partial charge in [-0.05, 0) is 61.4 Å². The molecule has 0 spiro atoms. The number of phenolic OH excluding ortho intramolecular Hbond substituents is 1. The number of allylic oxidation sites excluding steroid dienone is 4. The number of aliphatic hydroxyl groups is 1. The molecule has 0 fully saturated rings. The monoisotopic (exact) mass is 480 g/mol. The molecule has 0 saturated carbocycles. The molecule has 0 aliphatic heterocycles. The summed E-state index contributed by atoms with van der Waals surface area (Å²) in [4.78, 5) is 0. The molecular formula is C21H19Br2FO2. The Bertz CT molecular complexity index is 866. The molecule has 2 N–H and O–H groups in total. The van der Waals surface area contributed by atoms with Gasteiger partial charge in [0.1, 0.15) is 17.2 Å². The van der Waals surface area contributed by atoms with Crippen molar-refractivity contribution in [2.75, 3.05) is 0 Å². The molecule has 1 unspecified atom stereocenters. The predicted octanol–water partition coefficient (Wildman–Crippen LogP) is 6.64. The maximum Gasteiger partial charge on any atom is 0.123 e. The number of halogens is 3. The molecule has 1 atom stereocenters. The second kappa shape index (κ2) is 8.80. The first kappa shape index (κ1) is 20.6. The summed E-state index contributed by atoms with van der Waals surface area (Å²) in [6.45, 7) is 3.31. The third-order valence-electron chi connectivity index (χ3n) is 4.05. The van der Waals surface area contributed by atoms with Crippen molar-refractivity contribution in [1.29, 1.82) is 0 Å². The van der Waals surface area contributed by atoms with Crippen molar-refractivity contribution in [3.05, 3.63) is 92.2 Å². The summed E-state index contributed by atoms with van der Waals surface area (Å²) in [6, 6.07) is 12.3. The van der Waals surface area contributed by atoms with Crippen LogP contribution in [0.1, 0.15) is 25.0 Å². The van der Waals surface area contributed by atoms with Crippen LogP contribution in [0, 0.1) is 0 Å². The van der Waals surface area contributed by atoms with Gasteiger partial charge in [0.2, 0.25) is 0 Å². The van der Waals surface area contributed by atoms with E-state index in [-0.39, 0.29) is 5.75 Å². The summed E-state index contributed by atoms with van der Waals surface area (Å²) in [5.74, 6) is -0.387. The molecule has 0 radical (unpaired) electrons. The highest BCUT2D eigenvalue weighted by Crippen LogP contribution is 2.30. The van der Waals surface area contributed by atoms with Crippen molar-refractivity contribution in [1.82, 2.24) is 0 Å². The van der Waals surface area contributed by atoms with Crippen LogP contribution in [-0.4, -0.2) is 10.2 Å². The number of hydrogen-bond donors (Lipinski definition) is 2. The summed E-state index contributed by atoms with van der Waals surface area (Å²) in [7, 11) is 0. The number of rotatable bonds is 5. The average molecular weight is 482 g/mol. The molecule has 0 bridgehead atoms. The summed E-state index contributed by atoms with van der Waals surface area (Å²) in [5, 5.41) is 20.5. The second-order valence-electron chi connectivity index (χ2n) is 6.02. The number of phenols is 1. The van der Waals surface area contributed by atoms with E-state index >= 15 is 0 Å². The lowest BCUT2D eigenvalue weighted by Gasteiger charge is -2.25. The highest BCUT2D eigenvalue weighted by atomic mass is 79.9. The molecule has 2 aromatic rings. The van der Waals surface area contributed by atoms with Gasteiger partial charge in [0.05, 0.1) is 0 Å². The van der Waals surface area contributed by atoms with Crippen LogP contribution >= 0.6 is 31.9 Å². The highest BCUT2D eigenvalue weighted by molar-refractivity contribution is 9.10. The van der Waals surface area contributed by atoms with Gasteiger partial charge in [-0.3, -0.25) is 0 Å². The van der Waals surface area contributed by atoms with Gasteiger partial charge in [-0.2, -0.15) is 0 Å². The molecule has 26 heavy (non-hydrogen) atoms. The fourth-order valence-corrected chi connectivity index (χ4v) is 2.91. The van der Waals surface area contributed by atoms with Crippen molar-refractivity contribution in [2.45, 2.75) is 19.4 Å². The quantitative estimate of drug-likeness (QED) is 0.470. The molecule has 5 heteroatoms. The Balaban J connectivity index is 2.17. The summed E-state index contributed by atoms with van der Waals surface area (Å²) in [6.07, 6.45) is 5.70. The van der Waals surface area contributed by atoms with E-state index in [0.29, 0.717) is 16.7 Å². The maximum atomic E-state index is 14.2. The van der Waals surface area contributed by atoms with Gasteiger partial charge in [0.25, 0.3) is 0 Å². The minimum Gasteiger partial charge on any atom is -0.507 e. The fourth-order valence-electron chi connectivity index (χ4n) is 2.30. The first-order chi connectivity index (χ1) is 12.2. The Morgan fingerprint density at radius 1 is 1.08 bits per heavy atom. The van der Waals surface area contributed by atoms with E-state index in [9.17, 15) is 14.6 Å². The summed E-state index contributed by atoms with van der Waals surface area (Å²) in [5.41, 5.74) is 0.463. The molecule has 0 aromatic heterocycles. The van der Waals surface area contributed by atoms with E-state index in [1.807, 2.05) is 12.1 Å². The van der Waals surface area contributed by atoms with Gasteiger partial charge in [0, 0.05) is 14.5 Å². The first-order valence-electron chi connectivity index (χ1n) is 7.89. The van der Waals surface area contributed by atoms with Crippen molar-refractivity contribution >= 4 is 37.9 Å². The van der Waals surface area contributed by atoms with Crippen molar-refractivity contribution in [2.24, 2.45) is 0 Å². The van der Waals surface area contributed by atoms with Crippen molar-refractivity contribution in [3.63, 3.8) is 0 Å². The lowest BCUT2D eigenvalue weighted by atomic mass is 9.88. The zero-order valence-electron chi connectivity index (χ0n) is 14.4. The fraction of sp³-hybridized carbons (Fsp3) is 0.143. The minimum absolute atomic E-state index is 0.106. The SMILES string of the molecule is C\C(=C/C(F)=C\C=C\c1ccc(Br)cc1O)C(C)(O)c1ccc(Br)cc1. The first-order valence-corrected chi connectivity index (χ1v) is 9.48. The van der Waals surface area contributed by atoms with Gasteiger partial charge < -0.3 is 10.2 Å². The zero-order chi connectivity index (χ0) is 19.3. The third-order valence-corrected chi connectivity index (χ3v) is 5.07. The van der Waals surface area contributed by atoms with Crippen LogP contribution in [0.2, 0.25) is 0 Å². The number of benzene rings is 2. The normalized spacial score (nSPS) is 15.3. The van der Waals surface area contributed by atoms with Crippen LogP contribution in [0.15, 0.2) is 81.0 Å². The Morgan fingerprint density at radius 3 is 2.31 bits per heavy atom. The van der Waals surface area contributed by atoms with Gasteiger partial charge >= 0.3 is 0 Å². The molecule has 0 aliphatic rings. The Morgan fingerprint density at radius 2 is 1.69 bits per heavy atom. The summed E-state index contributed by atoms with van der Waals surface area (Å²) < 4.78 is 15.9. The largest absolute Gasteiger partial charge is 0.507 e. The van der Waals surface area contributed by atoms with Crippen LogP contribution in [0.5, 0.6) is 5.75 Å². The summed E-state index contributed by atoms with van der Waals surface area (Å²) >= 11 is 6.62. The number of aromatic hydroxyl groups is 1. The maximum absolute atomic E-state index is 14.2. The Hall–Kier alpha value is -1.69. The topological polar surface area (TPSA) is 40.5 Å². The molecule has 0 amide bonds. The molecule has 136 valence electrons. The van der Waals surface area contributed by atoms with E-state index in [0.717, 1.165) is 8.95 Å². The van der Waals surface area contributed by atoms with Gasteiger partial charge in [0.15, 0.2) is 0 Å². The number of hydrogen-bond acceptors (Lipinski definition) is 2. The van der Waals surface area contributed by atoms with Crippen molar-refractivity contribution < 1.29 is 14.6 Å². The Kier molecular flexibility index (Phi) is 6.98.